The SMILES string of the molecule is NCC1(c2ccccc2OC2CCOC2)CCC1. The number of hydrogen-bond acceptors (Lipinski definition) is 3. The van der Waals surface area contributed by atoms with Crippen LogP contribution in [0.2, 0.25) is 0 Å². The van der Waals surface area contributed by atoms with Crippen LogP contribution in [0, 0.1) is 0 Å². The van der Waals surface area contributed by atoms with Crippen molar-refractivity contribution in [3.05, 3.63) is 29.8 Å². The molecule has 0 amide bonds. The monoisotopic (exact) mass is 247 g/mol. The van der Waals surface area contributed by atoms with E-state index >= 15 is 0 Å². The van der Waals surface area contributed by atoms with Gasteiger partial charge in [0.15, 0.2) is 0 Å². The lowest BCUT2D eigenvalue weighted by molar-refractivity contribution is 0.137. The molecule has 2 aliphatic rings. The first kappa shape index (κ1) is 12.0. The van der Waals surface area contributed by atoms with Crippen molar-refractivity contribution in [3.63, 3.8) is 0 Å². The van der Waals surface area contributed by atoms with E-state index in [9.17, 15) is 0 Å². The van der Waals surface area contributed by atoms with Gasteiger partial charge in [-0.2, -0.15) is 0 Å². The van der Waals surface area contributed by atoms with E-state index in [1.165, 1.54) is 24.8 Å². The summed E-state index contributed by atoms with van der Waals surface area (Å²) in [5, 5.41) is 0. The van der Waals surface area contributed by atoms with Crippen LogP contribution < -0.4 is 10.5 Å². The van der Waals surface area contributed by atoms with Crippen LogP contribution in [-0.2, 0) is 10.2 Å². The number of para-hydroxylation sites is 1. The molecule has 1 aliphatic heterocycles. The number of benzene rings is 1. The molecule has 2 N–H and O–H groups in total. The molecule has 18 heavy (non-hydrogen) atoms. The number of ether oxygens (including phenoxy) is 2. The van der Waals surface area contributed by atoms with Crippen molar-refractivity contribution in [1.29, 1.82) is 0 Å². The summed E-state index contributed by atoms with van der Waals surface area (Å²) in [6.07, 6.45) is 4.85. The van der Waals surface area contributed by atoms with Crippen LogP contribution in [0.4, 0.5) is 0 Å². The molecule has 2 fully saturated rings. The topological polar surface area (TPSA) is 44.5 Å². The summed E-state index contributed by atoms with van der Waals surface area (Å²) in [6.45, 7) is 2.24. The number of rotatable bonds is 4. The molecule has 0 bridgehead atoms. The molecule has 0 aromatic heterocycles. The molecule has 0 radical (unpaired) electrons. The molecule has 3 heteroatoms. The maximum atomic E-state index is 6.11. The Hall–Kier alpha value is -1.06. The van der Waals surface area contributed by atoms with E-state index in [1.54, 1.807) is 0 Å². The number of hydrogen-bond donors (Lipinski definition) is 1. The van der Waals surface area contributed by atoms with Crippen molar-refractivity contribution in [2.45, 2.75) is 37.2 Å². The van der Waals surface area contributed by atoms with E-state index in [-0.39, 0.29) is 11.5 Å². The Labute approximate surface area is 108 Å². The first-order valence-electron chi connectivity index (χ1n) is 6.88. The van der Waals surface area contributed by atoms with E-state index in [2.05, 4.69) is 18.2 Å². The van der Waals surface area contributed by atoms with E-state index < -0.39 is 0 Å². The van der Waals surface area contributed by atoms with Gasteiger partial charge < -0.3 is 15.2 Å². The van der Waals surface area contributed by atoms with Gasteiger partial charge in [0.2, 0.25) is 0 Å². The van der Waals surface area contributed by atoms with Crippen LogP contribution in [0.5, 0.6) is 5.75 Å². The fraction of sp³-hybridized carbons (Fsp3) is 0.600. The highest BCUT2D eigenvalue weighted by Gasteiger charge is 2.39. The fourth-order valence-corrected chi connectivity index (χ4v) is 2.98. The van der Waals surface area contributed by atoms with Gasteiger partial charge in [0, 0.05) is 23.9 Å². The maximum Gasteiger partial charge on any atom is 0.124 e. The van der Waals surface area contributed by atoms with Gasteiger partial charge >= 0.3 is 0 Å². The zero-order valence-electron chi connectivity index (χ0n) is 10.7. The van der Waals surface area contributed by atoms with Gasteiger partial charge in [0.1, 0.15) is 11.9 Å². The summed E-state index contributed by atoms with van der Waals surface area (Å²) in [7, 11) is 0. The van der Waals surface area contributed by atoms with Crippen LogP contribution in [0.15, 0.2) is 24.3 Å². The van der Waals surface area contributed by atoms with Crippen molar-refractivity contribution < 1.29 is 9.47 Å². The van der Waals surface area contributed by atoms with Crippen LogP contribution in [0.25, 0.3) is 0 Å². The molecular formula is C15H21NO2. The Morgan fingerprint density at radius 3 is 2.78 bits per heavy atom. The van der Waals surface area contributed by atoms with Gasteiger partial charge in [-0.25, -0.2) is 0 Å². The second-order valence-electron chi connectivity index (χ2n) is 5.44. The second-order valence-corrected chi connectivity index (χ2v) is 5.44. The molecule has 0 spiro atoms. The highest BCUT2D eigenvalue weighted by molar-refractivity contribution is 5.41. The largest absolute Gasteiger partial charge is 0.488 e. The summed E-state index contributed by atoms with van der Waals surface area (Å²) in [5.41, 5.74) is 7.46. The average Bonchev–Trinajstić information content (AvgIpc) is 2.83. The Morgan fingerprint density at radius 2 is 2.17 bits per heavy atom. The van der Waals surface area contributed by atoms with Crippen LogP contribution in [0.3, 0.4) is 0 Å². The van der Waals surface area contributed by atoms with Crippen LogP contribution >= 0.6 is 0 Å². The normalized spacial score (nSPS) is 25.7. The minimum atomic E-state index is 0.163. The Balaban J connectivity index is 1.84. The molecule has 1 aromatic rings. The minimum Gasteiger partial charge on any atom is -0.488 e. The lowest BCUT2D eigenvalue weighted by atomic mass is 9.64. The maximum absolute atomic E-state index is 6.11. The van der Waals surface area contributed by atoms with Crippen LogP contribution in [0.1, 0.15) is 31.2 Å². The predicted molar refractivity (Wildman–Crippen MR) is 70.9 cm³/mol. The summed E-state index contributed by atoms with van der Waals surface area (Å²) in [5.74, 6) is 1.01. The summed E-state index contributed by atoms with van der Waals surface area (Å²) in [6, 6.07) is 8.38. The zero-order valence-corrected chi connectivity index (χ0v) is 10.7. The molecule has 3 nitrogen and oxygen atoms in total. The summed E-state index contributed by atoms with van der Waals surface area (Å²) in [4.78, 5) is 0. The first-order valence-corrected chi connectivity index (χ1v) is 6.88. The van der Waals surface area contributed by atoms with E-state index in [0.29, 0.717) is 13.2 Å². The third-order valence-corrected chi connectivity index (χ3v) is 4.34. The fourth-order valence-electron chi connectivity index (χ4n) is 2.98. The standard InChI is InChI=1S/C15H21NO2/c16-11-15(7-3-8-15)13-4-1-2-5-14(13)18-12-6-9-17-10-12/h1-2,4-5,12H,3,6-11,16H2. The van der Waals surface area contributed by atoms with Crippen molar-refractivity contribution in [2.75, 3.05) is 19.8 Å². The van der Waals surface area contributed by atoms with Gasteiger partial charge in [0.05, 0.1) is 13.2 Å². The van der Waals surface area contributed by atoms with E-state index in [1.807, 2.05) is 6.07 Å². The van der Waals surface area contributed by atoms with Gasteiger partial charge in [-0.05, 0) is 18.9 Å². The number of nitrogens with two attached hydrogens (primary N) is 1. The quantitative estimate of drug-likeness (QED) is 0.887. The second kappa shape index (κ2) is 4.90. The van der Waals surface area contributed by atoms with Gasteiger partial charge in [0.25, 0.3) is 0 Å². The molecule has 1 saturated carbocycles. The van der Waals surface area contributed by atoms with Crippen molar-refractivity contribution in [3.8, 4) is 5.75 Å². The van der Waals surface area contributed by atoms with E-state index in [0.717, 1.165) is 18.8 Å². The molecular weight excluding hydrogens is 226 g/mol. The lowest BCUT2D eigenvalue weighted by Gasteiger charge is -2.42. The van der Waals surface area contributed by atoms with Gasteiger partial charge in [-0.3, -0.25) is 0 Å². The summed E-state index contributed by atoms with van der Waals surface area (Å²) < 4.78 is 11.5. The molecule has 1 aliphatic carbocycles. The Kier molecular flexibility index (Phi) is 3.27. The Bertz CT molecular complexity index is 403. The molecule has 1 atom stereocenters. The minimum absolute atomic E-state index is 0.163. The molecule has 1 aromatic carbocycles. The van der Waals surface area contributed by atoms with E-state index in [4.69, 9.17) is 15.2 Å². The highest BCUT2D eigenvalue weighted by atomic mass is 16.5. The third kappa shape index (κ3) is 2.02. The van der Waals surface area contributed by atoms with Crippen LogP contribution in [-0.4, -0.2) is 25.9 Å². The molecule has 3 rings (SSSR count). The molecule has 1 unspecified atom stereocenters. The third-order valence-electron chi connectivity index (χ3n) is 4.34. The van der Waals surface area contributed by atoms with Crippen molar-refractivity contribution >= 4 is 0 Å². The molecule has 98 valence electrons. The Morgan fingerprint density at radius 1 is 1.33 bits per heavy atom. The zero-order chi connectivity index (χ0) is 12.4. The average molecular weight is 247 g/mol. The highest BCUT2D eigenvalue weighted by Crippen LogP contribution is 2.46. The van der Waals surface area contributed by atoms with Crippen molar-refractivity contribution in [2.24, 2.45) is 5.73 Å². The first-order chi connectivity index (χ1) is 8.84. The van der Waals surface area contributed by atoms with Gasteiger partial charge in [-0.1, -0.05) is 24.6 Å². The lowest BCUT2D eigenvalue weighted by Crippen LogP contribution is -2.42. The van der Waals surface area contributed by atoms with Crippen molar-refractivity contribution in [1.82, 2.24) is 0 Å². The smallest absolute Gasteiger partial charge is 0.124 e. The molecule has 1 heterocycles. The predicted octanol–water partition coefficient (Wildman–Crippen LogP) is 2.23. The summed E-state index contributed by atoms with van der Waals surface area (Å²) >= 11 is 0. The van der Waals surface area contributed by atoms with Gasteiger partial charge in [-0.15, -0.1) is 0 Å². The molecule has 1 saturated heterocycles.